The van der Waals surface area contributed by atoms with E-state index in [0.717, 1.165) is 19.3 Å². The summed E-state index contributed by atoms with van der Waals surface area (Å²) in [5.74, 6) is 0.168. The smallest absolute Gasteiger partial charge is 0.224 e. The molecule has 1 atom stereocenters. The van der Waals surface area contributed by atoms with E-state index >= 15 is 0 Å². The van der Waals surface area contributed by atoms with Crippen LogP contribution in [-0.2, 0) is 22.4 Å². The third kappa shape index (κ3) is 3.55. The Hall–Kier alpha value is -1.39. The highest BCUT2D eigenvalue weighted by Crippen LogP contribution is 2.26. The molecule has 0 heterocycles. The molecule has 1 aliphatic carbocycles. The van der Waals surface area contributed by atoms with Crippen LogP contribution in [0.3, 0.4) is 0 Å². The first-order chi connectivity index (χ1) is 9.24. The molecule has 0 fully saturated rings. The summed E-state index contributed by atoms with van der Waals surface area (Å²) in [6.07, 6.45) is 2.42. The molecular formula is C15H22N2O2. The van der Waals surface area contributed by atoms with E-state index in [9.17, 15) is 4.79 Å². The number of ether oxygens (including phenoxy) is 1. The Morgan fingerprint density at radius 3 is 2.58 bits per heavy atom. The van der Waals surface area contributed by atoms with Crippen molar-refractivity contribution in [3.63, 3.8) is 0 Å². The fraction of sp³-hybridized carbons (Fsp3) is 0.533. The summed E-state index contributed by atoms with van der Waals surface area (Å²) in [6.45, 7) is 1.07. The quantitative estimate of drug-likeness (QED) is 0.800. The summed E-state index contributed by atoms with van der Waals surface area (Å²) < 4.78 is 5.11. The van der Waals surface area contributed by atoms with E-state index in [0.29, 0.717) is 13.2 Å². The highest BCUT2D eigenvalue weighted by molar-refractivity contribution is 5.80. The molecule has 1 amide bonds. The number of carbonyl (C=O) groups excluding carboxylic acids is 1. The van der Waals surface area contributed by atoms with Crippen LogP contribution in [0, 0.1) is 5.92 Å². The topological polar surface area (TPSA) is 64.3 Å². The van der Waals surface area contributed by atoms with Crippen LogP contribution in [0.25, 0.3) is 0 Å². The second-order valence-electron chi connectivity index (χ2n) is 5.11. The van der Waals surface area contributed by atoms with Crippen molar-refractivity contribution >= 4 is 5.91 Å². The summed E-state index contributed by atoms with van der Waals surface area (Å²) in [4.78, 5) is 12.3. The number of nitrogens with two attached hydrogens (primary N) is 1. The lowest BCUT2D eigenvalue weighted by atomic mass is 10.0. The molecule has 1 unspecified atom stereocenters. The average Bonchev–Trinajstić information content (AvgIpc) is 2.83. The maximum atomic E-state index is 12.3. The van der Waals surface area contributed by atoms with Crippen LogP contribution >= 0.6 is 0 Å². The second-order valence-corrected chi connectivity index (χ2v) is 5.11. The molecule has 0 bridgehead atoms. The Bertz CT molecular complexity index is 403. The van der Waals surface area contributed by atoms with Crippen LogP contribution in [0.2, 0.25) is 0 Å². The molecule has 4 nitrogen and oxygen atoms in total. The maximum absolute atomic E-state index is 12.3. The Balaban J connectivity index is 1.91. The lowest BCUT2D eigenvalue weighted by Gasteiger charge is -2.19. The van der Waals surface area contributed by atoms with Gasteiger partial charge in [-0.2, -0.15) is 0 Å². The van der Waals surface area contributed by atoms with Crippen molar-refractivity contribution in [2.75, 3.05) is 20.3 Å². The van der Waals surface area contributed by atoms with Gasteiger partial charge in [-0.05, 0) is 36.9 Å². The molecule has 1 aromatic rings. The van der Waals surface area contributed by atoms with Gasteiger partial charge in [0.25, 0.3) is 0 Å². The summed E-state index contributed by atoms with van der Waals surface area (Å²) in [7, 11) is 1.64. The fourth-order valence-electron chi connectivity index (χ4n) is 2.66. The summed E-state index contributed by atoms with van der Waals surface area (Å²) in [5, 5.41) is 3.05. The van der Waals surface area contributed by atoms with Gasteiger partial charge < -0.3 is 15.8 Å². The fourth-order valence-corrected chi connectivity index (χ4v) is 2.66. The normalized spacial score (nSPS) is 16.1. The first-order valence-corrected chi connectivity index (χ1v) is 6.80. The predicted octanol–water partition coefficient (Wildman–Crippen LogP) is 0.881. The third-order valence-corrected chi connectivity index (χ3v) is 3.65. The molecule has 1 aliphatic rings. The molecule has 0 radical (unpaired) electrons. The monoisotopic (exact) mass is 262 g/mol. The minimum Gasteiger partial charge on any atom is -0.383 e. The minimum atomic E-state index is 0.0196. The van der Waals surface area contributed by atoms with E-state index in [-0.39, 0.29) is 17.9 Å². The number of rotatable bonds is 6. The lowest BCUT2D eigenvalue weighted by molar-refractivity contribution is -0.125. The first kappa shape index (κ1) is 14.0. The molecule has 104 valence electrons. The van der Waals surface area contributed by atoms with Crippen LogP contribution in [0.15, 0.2) is 24.3 Å². The van der Waals surface area contributed by atoms with E-state index in [1.165, 1.54) is 11.1 Å². The zero-order valence-electron chi connectivity index (χ0n) is 11.4. The molecule has 2 rings (SSSR count). The van der Waals surface area contributed by atoms with E-state index in [1.54, 1.807) is 7.11 Å². The summed E-state index contributed by atoms with van der Waals surface area (Å²) in [6, 6.07) is 8.29. The van der Waals surface area contributed by atoms with Gasteiger partial charge in [-0.1, -0.05) is 24.3 Å². The van der Waals surface area contributed by atoms with Gasteiger partial charge in [0, 0.05) is 13.0 Å². The lowest BCUT2D eigenvalue weighted by Crippen LogP contribution is -2.42. The molecule has 0 saturated carbocycles. The average molecular weight is 262 g/mol. The standard InChI is InChI=1S/C15H22N2O2/c1-19-10-14(6-7-16)17-15(18)13-8-11-4-2-3-5-12(11)9-13/h2-5,13-14H,6-10,16H2,1H3,(H,17,18). The van der Waals surface area contributed by atoms with Crippen molar-refractivity contribution < 1.29 is 9.53 Å². The van der Waals surface area contributed by atoms with E-state index in [1.807, 2.05) is 12.1 Å². The zero-order valence-corrected chi connectivity index (χ0v) is 11.4. The van der Waals surface area contributed by atoms with E-state index in [2.05, 4.69) is 17.4 Å². The number of methoxy groups -OCH3 is 1. The Labute approximate surface area is 114 Å². The van der Waals surface area contributed by atoms with E-state index < -0.39 is 0 Å². The summed E-state index contributed by atoms with van der Waals surface area (Å²) in [5.41, 5.74) is 8.14. The Morgan fingerprint density at radius 2 is 2.05 bits per heavy atom. The first-order valence-electron chi connectivity index (χ1n) is 6.80. The van der Waals surface area contributed by atoms with Crippen molar-refractivity contribution in [2.24, 2.45) is 11.7 Å². The minimum absolute atomic E-state index is 0.0196. The van der Waals surface area contributed by atoms with Crippen LogP contribution in [0.5, 0.6) is 0 Å². The maximum Gasteiger partial charge on any atom is 0.224 e. The Morgan fingerprint density at radius 1 is 1.42 bits per heavy atom. The molecule has 4 heteroatoms. The highest BCUT2D eigenvalue weighted by Gasteiger charge is 2.28. The van der Waals surface area contributed by atoms with Gasteiger partial charge in [0.2, 0.25) is 5.91 Å². The molecular weight excluding hydrogens is 240 g/mol. The van der Waals surface area contributed by atoms with Gasteiger partial charge in [0.05, 0.1) is 12.6 Å². The molecule has 0 spiro atoms. The van der Waals surface area contributed by atoms with E-state index in [4.69, 9.17) is 10.5 Å². The van der Waals surface area contributed by atoms with Crippen LogP contribution in [0.4, 0.5) is 0 Å². The van der Waals surface area contributed by atoms with Crippen molar-refractivity contribution in [2.45, 2.75) is 25.3 Å². The molecule has 0 saturated heterocycles. The third-order valence-electron chi connectivity index (χ3n) is 3.65. The van der Waals surface area contributed by atoms with Crippen LogP contribution < -0.4 is 11.1 Å². The van der Waals surface area contributed by atoms with Crippen molar-refractivity contribution in [3.05, 3.63) is 35.4 Å². The van der Waals surface area contributed by atoms with Crippen molar-refractivity contribution in [3.8, 4) is 0 Å². The van der Waals surface area contributed by atoms with Gasteiger partial charge in [-0.25, -0.2) is 0 Å². The molecule has 1 aromatic carbocycles. The number of amides is 1. The molecule has 0 aromatic heterocycles. The van der Waals surface area contributed by atoms with Gasteiger partial charge >= 0.3 is 0 Å². The molecule has 3 N–H and O–H groups in total. The number of hydrogen-bond acceptors (Lipinski definition) is 3. The second kappa shape index (κ2) is 6.68. The zero-order chi connectivity index (χ0) is 13.7. The van der Waals surface area contributed by atoms with Crippen LogP contribution in [0.1, 0.15) is 17.5 Å². The van der Waals surface area contributed by atoms with Gasteiger partial charge in [-0.15, -0.1) is 0 Å². The number of nitrogens with one attached hydrogen (secondary N) is 1. The highest BCUT2D eigenvalue weighted by atomic mass is 16.5. The van der Waals surface area contributed by atoms with Gasteiger partial charge in [0.15, 0.2) is 0 Å². The number of hydrogen-bond donors (Lipinski definition) is 2. The number of benzene rings is 1. The molecule has 19 heavy (non-hydrogen) atoms. The number of carbonyl (C=O) groups is 1. The van der Waals surface area contributed by atoms with Crippen molar-refractivity contribution in [1.82, 2.24) is 5.32 Å². The largest absolute Gasteiger partial charge is 0.383 e. The SMILES string of the molecule is COCC(CCN)NC(=O)C1Cc2ccccc2C1. The molecule has 0 aliphatic heterocycles. The van der Waals surface area contributed by atoms with Gasteiger partial charge in [0.1, 0.15) is 0 Å². The van der Waals surface area contributed by atoms with Crippen molar-refractivity contribution in [1.29, 1.82) is 0 Å². The van der Waals surface area contributed by atoms with Crippen LogP contribution in [-0.4, -0.2) is 32.2 Å². The number of fused-ring (bicyclic) bond motifs is 1. The van der Waals surface area contributed by atoms with Gasteiger partial charge in [-0.3, -0.25) is 4.79 Å². The summed E-state index contributed by atoms with van der Waals surface area (Å²) >= 11 is 0. The predicted molar refractivity (Wildman–Crippen MR) is 74.8 cm³/mol. The Kier molecular flexibility index (Phi) is 4.93.